The lowest BCUT2D eigenvalue weighted by molar-refractivity contribution is 0.667. The molecule has 2 heteroatoms. The third-order valence-electron chi connectivity index (χ3n) is 12.4. The van der Waals surface area contributed by atoms with Gasteiger partial charge in [0.05, 0.1) is 22.1 Å². The number of benzene rings is 9. The molecule has 1 aliphatic rings. The minimum Gasteiger partial charge on any atom is -0.309 e. The molecule has 0 bridgehead atoms. The van der Waals surface area contributed by atoms with Gasteiger partial charge >= 0.3 is 0 Å². The molecule has 258 valence electrons. The Morgan fingerprint density at radius 3 is 1.33 bits per heavy atom. The number of nitrogens with zero attached hydrogens (tertiary/aromatic N) is 2. The maximum absolute atomic E-state index is 2.52. The van der Waals surface area contributed by atoms with E-state index in [0.29, 0.717) is 0 Å². The van der Waals surface area contributed by atoms with Crippen LogP contribution in [0.4, 0.5) is 0 Å². The van der Waals surface area contributed by atoms with Gasteiger partial charge in [-0.1, -0.05) is 147 Å². The molecule has 0 radical (unpaired) electrons. The molecule has 0 unspecified atom stereocenters. The maximum Gasteiger partial charge on any atom is 0.0541 e. The zero-order chi connectivity index (χ0) is 36.4. The van der Waals surface area contributed by atoms with Crippen molar-refractivity contribution in [1.82, 2.24) is 9.13 Å². The average Bonchev–Trinajstić information content (AvgIpc) is 3.83. The van der Waals surface area contributed by atoms with Crippen molar-refractivity contribution in [2.24, 2.45) is 0 Å². The van der Waals surface area contributed by atoms with Crippen LogP contribution in [-0.2, 0) is 5.41 Å². The summed E-state index contributed by atoms with van der Waals surface area (Å²) in [6.45, 7) is 4.83. The van der Waals surface area contributed by atoms with Crippen LogP contribution in [0.1, 0.15) is 25.0 Å². The van der Waals surface area contributed by atoms with Gasteiger partial charge in [0, 0.05) is 38.3 Å². The highest BCUT2D eigenvalue weighted by atomic mass is 15.0. The summed E-state index contributed by atoms with van der Waals surface area (Å²) < 4.78 is 4.93. The summed E-state index contributed by atoms with van der Waals surface area (Å²) in [7, 11) is 0. The van der Waals surface area contributed by atoms with E-state index in [0.717, 1.165) is 11.4 Å². The van der Waals surface area contributed by atoms with E-state index in [1.54, 1.807) is 0 Å². The maximum atomic E-state index is 2.52. The van der Waals surface area contributed by atoms with Crippen LogP contribution >= 0.6 is 0 Å². The fourth-order valence-electron chi connectivity index (χ4n) is 10.1. The van der Waals surface area contributed by atoms with Gasteiger partial charge in [0.15, 0.2) is 0 Å². The van der Waals surface area contributed by atoms with E-state index in [4.69, 9.17) is 0 Å². The van der Waals surface area contributed by atoms with E-state index >= 15 is 0 Å². The first kappa shape index (κ1) is 30.6. The van der Waals surface area contributed by atoms with Crippen LogP contribution in [0.5, 0.6) is 0 Å². The monoisotopic (exact) mass is 700 g/mol. The van der Waals surface area contributed by atoms with E-state index < -0.39 is 0 Å². The molecular formula is C53H36N2. The summed E-state index contributed by atoms with van der Waals surface area (Å²) in [5, 5.41) is 10.3. The molecule has 9 aromatic carbocycles. The van der Waals surface area contributed by atoms with Gasteiger partial charge in [0.25, 0.3) is 0 Å². The summed E-state index contributed by atoms with van der Waals surface area (Å²) in [5.74, 6) is 0. The lowest BCUT2D eigenvalue weighted by atomic mass is 9.79. The number of para-hydroxylation sites is 4. The van der Waals surface area contributed by atoms with E-state index in [1.807, 2.05) is 0 Å². The van der Waals surface area contributed by atoms with Crippen molar-refractivity contribution in [2.75, 3.05) is 0 Å². The Bertz CT molecular complexity index is 3170. The first-order valence-electron chi connectivity index (χ1n) is 19.3. The molecule has 55 heavy (non-hydrogen) atoms. The van der Waals surface area contributed by atoms with Gasteiger partial charge in [0.2, 0.25) is 0 Å². The second-order valence-corrected chi connectivity index (χ2v) is 15.7. The Balaban J connectivity index is 1.21. The fourth-order valence-corrected chi connectivity index (χ4v) is 10.1. The molecule has 12 rings (SSSR count). The first-order valence-corrected chi connectivity index (χ1v) is 19.3. The zero-order valence-electron chi connectivity index (χ0n) is 30.7. The van der Waals surface area contributed by atoms with Gasteiger partial charge in [-0.2, -0.15) is 0 Å². The minimum atomic E-state index is -0.190. The molecule has 0 atom stereocenters. The molecule has 0 spiro atoms. The molecular weight excluding hydrogens is 665 g/mol. The lowest BCUT2D eigenvalue weighted by Crippen LogP contribution is -2.15. The van der Waals surface area contributed by atoms with Crippen molar-refractivity contribution in [3.05, 3.63) is 193 Å². The molecule has 1 aliphatic carbocycles. The summed E-state index contributed by atoms with van der Waals surface area (Å²) in [6, 6.07) is 67.7. The third-order valence-corrected chi connectivity index (χ3v) is 12.4. The van der Waals surface area contributed by atoms with Crippen molar-refractivity contribution in [1.29, 1.82) is 0 Å². The summed E-state index contributed by atoms with van der Waals surface area (Å²) >= 11 is 0. The molecule has 2 aromatic heterocycles. The van der Waals surface area contributed by atoms with Gasteiger partial charge in [0.1, 0.15) is 0 Å². The highest BCUT2D eigenvalue weighted by Crippen LogP contribution is 2.55. The highest BCUT2D eigenvalue weighted by Gasteiger charge is 2.38. The van der Waals surface area contributed by atoms with Gasteiger partial charge in [-0.05, 0) is 103 Å². The Morgan fingerprint density at radius 1 is 0.364 bits per heavy atom. The molecule has 11 aromatic rings. The number of fused-ring (bicyclic) bond motifs is 13. The molecule has 2 nitrogen and oxygen atoms in total. The number of aromatic nitrogens is 2. The quantitative estimate of drug-likeness (QED) is 0.174. The van der Waals surface area contributed by atoms with Crippen molar-refractivity contribution in [2.45, 2.75) is 19.3 Å². The molecule has 0 amide bonds. The van der Waals surface area contributed by atoms with Crippen LogP contribution in [-0.4, -0.2) is 9.13 Å². The Morgan fingerprint density at radius 2 is 0.800 bits per heavy atom. The van der Waals surface area contributed by atoms with Crippen LogP contribution in [0.25, 0.3) is 98.8 Å². The number of hydrogen-bond donors (Lipinski definition) is 0. The van der Waals surface area contributed by atoms with E-state index in [-0.39, 0.29) is 5.41 Å². The van der Waals surface area contributed by atoms with Crippen molar-refractivity contribution >= 4 is 65.2 Å². The lowest BCUT2D eigenvalue weighted by Gasteiger charge is -2.24. The third kappa shape index (κ3) is 4.14. The predicted octanol–water partition coefficient (Wildman–Crippen LogP) is 14.2. The fraction of sp³-hybridized carbons (Fsp3) is 0.0566. The van der Waals surface area contributed by atoms with Crippen LogP contribution in [0.3, 0.4) is 0 Å². The smallest absolute Gasteiger partial charge is 0.0541 e. The molecule has 0 fully saturated rings. The van der Waals surface area contributed by atoms with Gasteiger partial charge in [-0.3, -0.25) is 0 Å². The average molecular weight is 701 g/mol. The van der Waals surface area contributed by atoms with E-state index in [1.165, 1.54) is 98.5 Å². The zero-order valence-corrected chi connectivity index (χ0v) is 30.7. The summed E-state index contributed by atoms with van der Waals surface area (Å²) in [6.07, 6.45) is 0. The van der Waals surface area contributed by atoms with Gasteiger partial charge < -0.3 is 9.13 Å². The molecule has 0 saturated carbocycles. The highest BCUT2D eigenvalue weighted by molar-refractivity contribution is 6.13. The number of rotatable bonds is 3. The Hall–Kier alpha value is -6.90. The van der Waals surface area contributed by atoms with E-state index in [2.05, 4.69) is 205 Å². The van der Waals surface area contributed by atoms with Gasteiger partial charge in [-0.25, -0.2) is 0 Å². The Kier molecular flexibility index (Phi) is 6.15. The van der Waals surface area contributed by atoms with Crippen LogP contribution in [0.2, 0.25) is 0 Å². The SMILES string of the molecule is CC1(C)c2cc(-c3cc(-n4c5ccccc5c5ccccc54)cc(-n4c5ccccc5c5ccccc54)c3)c3ccccc3c2-c2ccc3ccccc3c21. The van der Waals surface area contributed by atoms with Crippen LogP contribution in [0, 0.1) is 0 Å². The van der Waals surface area contributed by atoms with Crippen molar-refractivity contribution in [3.8, 4) is 33.6 Å². The molecule has 0 N–H and O–H groups in total. The van der Waals surface area contributed by atoms with Crippen molar-refractivity contribution in [3.63, 3.8) is 0 Å². The van der Waals surface area contributed by atoms with Crippen molar-refractivity contribution < 1.29 is 0 Å². The van der Waals surface area contributed by atoms with Crippen LogP contribution in [0.15, 0.2) is 182 Å². The van der Waals surface area contributed by atoms with E-state index in [9.17, 15) is 0 Å². The minimum absolute atomic E-state index is 0.190. The normalized spacial score (nSPS) is 13.4. The Labute approximate surface area is 319 Å². The van der Waals surface area contributed by atoms with Gasteiger partial charge in [-0.15, -0.1) is 0 Å². The largest absolute Gasteiger partial charge is 0.309 e. The molecule has 0 aliphatic heterocycles. The second-order valence-electron chi connectivity index (χ2n) is 15.7. The summed E-state index contributed by atoms with van der Waals surface area (Å²) in [4.78, 5) is 0. The van der Waals surface area contributed by atoms with Crippen LogP contribution < -0.4 is 0 Å². The second kappa shape index (κ2) is 11.1. The molecule has 0 saturated heterocycles. The summed E-state index contributed by atoms with van der Waals surface area (Å²) in [5.41, 5.74) is 14.9. The molecule has 2 heterocycles. The topological polar surface area (TPSA) is 9.86 Å². The predicted molar refractivity (Wildman–Crippen MR) is 233 cm³/mol. The standard InChI is InChI=1S/C53H36N2/c1-53(2)46-32-45(38-17-5-6-22-43(38)51(46)44-28-27-33-15-3-4-16-37(33)52(44)53)34-29-35(54-47-23-11-7-18-39(47)40-19-8-12-24-48(40)54)31-36(30-34)55-49-25-13-9-20-41(49)42-21-10-14-26-50(42)55/h3-32H,1-2H3. The first-order chi connectivity index (χ1) is 27.1. The number of hydrogen-bond acceptors (Lipinski definition) is 0.